The minimum Gasteiger partial charge on any atom is -0.490 e. The summed E-state index contributed by atoms with van der Waals surface area (Å²) in [5.74, 6) is -0.253. The lowest BCUT2D eigenvalue weighted by atomic mass is 10.2. The molecule has 0 atom stereocenters. The number of fused-ring (bicyclic) bond motifs is 1. The summed E-state index contributed by atoms with van der Waals surface area (Å²) in [7, 11) is 0. The van der Waals surface area contributed by atoms with Crippen molar-refractivity contribution in [2.75, 3.05) is 18.5 Å². The molecule has 0 saturated carbocycles. The van der Waals surface area contributed by atoms with Crippen LogP contribution in [0.4, 0.5) is 10.1 Å². The molecule has 0 radical (unpaired) electrons. The highest BCUT2D eigenvalue weighted by Crippen LogP contribution is 2.36. The number of nitrogens with one attached hydrogen (secondary N) is 2. The molecule has 1 aromatic heterocycles. The molecular formula is C25H20BrFN4O5. The average molecular weight is 555 g/mol. The predicted octanol–water partition coefficient (Wildman–Crippen LogP) is 3.89. The molecule has 36 heavy (non-hydrogen) atoms. The number of benzene rings is 3. The Hall–Kier alpha value is -4.25. The van der Waals surface area contributed by atoms with E-state index in [1.54, 1.807) is 43.3 Å². The predicted molar refractivity (Wildman–Crippen MR) is 138 cm³/mol. The number of H-pyrrole nitrogens is 1. The Balaban J connectivity index is 1.55. The highest BCUT2D eigenvalue weighted by molar-refractivity contribution is 9.10. The number of para-hydroxylation sites is 1. The third-order valence-electron chi connectivity index (χ3n) is 4.91. The molecule has 0 aliphatic heterocycles. The molecule has 4 aromatic rings. The quantitative estimate of drug-likeness (QED) is 0.321. The van der Waals surface area contributed by atoms with Gasteiger partial charge in [0.25, 0.3) is 11.5 Å². The number of ether oxygens (including phenoxy) is 2. The van der Waals surface area contributed by atoms with E-state index in [0.717, 1.165) is 4.68 Å². The van der Waals surface area contributed by atoms with Crippen molar-refractivity contribution in [3.05, 3.63) is 97.4 Å². The molecule has 3 aromatic carbocycles. The summed E-state index contributed by atoms with van der Waals surface area (Å²) in [6.45, 7) is 1.77. The van der Waals surface area contributed by atoms with E-state index in [1.807, 2.05) is 0 Å². The van der Waals surface area contributed by atoms with Gasteiger partial charge in [0, 0.05) is 5.69 Å². The van der Waals surface area contributed by atoms with Crippen molar-refractivity contribution in [3.8, 4) is 11.5 Å². The fraction of sp³-hybridized carbons (Fsp3) is 0.120. The first-order valence-electron chi connectivity index (χ1n) is 10.8. The SMILES string of the molecule is CCOc1cc(C=Nn2c(=O)[nH]c3ccccc3c2=O)cc(Br)c1OCC(=O)Nc1ccc(F)cc1. The van der Waals surface area contributed by atoms with E-state index in [2.05, 4.69) is 31.3 Å². The molecule has 11 heteroatoms. The zero-order valence-electron chi connectivity index (χ0n) is 19.0. The van der Waals surface area contributed by atoms with E-state index in [-0.39, 0.29) is 12.4 Å². The van der Waals surface area contributed by atoms with Gasteiger partial charge in [-0.15, -0.1) is 4.68 Å². The number of hydrogen-bond donors (Lipinski definition) is 2. The van der Waals surface area contributed by atoms with Crippen LogP contribution in [0.2, 0.25) is 0 Å². The second-order valence-electron chi connectivity index (χ2n) is 7.44. The summed E-state index contributed by atoms with van der Waals surface area (Å²) in [5, 5.41) is 6.99. The third-order valence-corrected chi connectivity index (χ3v) is 5.50. The molecular weight excluding hydrogens is 535 g/mol. The zero-order valence-corrected chi connectivity index (χ0v) is 20.5. The Bertz CT molecular complexity index is 1560. The molecule has 0 bridgehead atoms. The summed E-state index contributed by atoms with van der Waals surface area (Å²) < 4.78 is 25.6. The van der Waals surface area contributed by atoms with E-state index in [4.69, 9.17) is 9.47 Å². The van der Waals surface area contributed by atoms with Crippen LogP contribution in [-0.4, -0.2) is 35.0 Å². The van der Waals surface area contributed by atoms with E-state index in [0.29, 0.717) is 39.0 Å². The van der Waals surface area contributed by atoms with Crippen LogP contribution in [0.15, 0.2) is 79.8 Å². The van der Waals surface area contributed by atoms with Crippen LogP contribution in [0.1, 0.15) is 12.5 Å². The number of carbonyl (C=O) groups excluding carboxylic acids is 1. The van der Waals surface area contributed by atoms with E-state index in [9.17, 15) is 18.8 Å². The Morgan fingerprint density at radius 1 is 1.14 bits per heavy atom. The van der Waals surface area contributed by atoms with Gasteiger partial charge in [-0.25, -0.2) is 9.18 Å². The van der Waals surface area contributed by atoms with E-state index in [1.165, 1.54) is 30.5 Å². The Morgan fingerprint density at radius 3 is 2.64 bits per heavy atom. The molecule has 0 aliphatic carbocycles. The van der Waals surface area contributed by atoms with Crippen molar-refractivity contribution >= 4 is 44.6 Å². The Kier molecular flexibility index (Phi) is 7.59. The minimum atomic E-state index is -0.675. The van der Waals surface area contributed by atoms with Crippen LogP contribution >= 0.6 is 15.9 Å². The van der Waals surface area contributed by atoms with Gasteiger partial charge in [-0.05, 0) is 76.9 Å². The molecule has 9 nitrogen and oxygen atoms in total. The van der Waals surface area contributed by atoms with Crippen LogP contribution in [-0.2, 0) is 4.79 Å². The first-order valence-corrected chi connectivity index (χ1v) is 11.6. The van der Waals surface area contributed by atoms with Gasteiger partial charge < -0.3 is 19.8 Å². The maximum Gasteiger partial charge on any atom is 0.349 e. The molecule has 2 N–H and O–H groups in total. The Labute approximate surface area is 212 Å². The molecule has 0 unspecified atom stereocenters. The number of nitrogens with zero attached hydrogens (tertiary/aromatic N) is 2. The van der Waals surface area contributed by atoms with E-state index < -0.39 is 23.0 Å². The second kappa shape index (κ2) is 11.0. The summed E-state index contributed by atoms with van der Waals surface area (Å²) in [5.41, 5.74) is 0.130. The number of anilines is 1. The maximum absolute atomic E-state index is 13.0. The standard InChI is InChI=1S/C25H20BrFN4O5/c1-2-35-21-12-15(13-28-31-24(33)18-5-3-4-6-20(18)30-25(31)34)11-19(26)23(21)36-14-22(32)29-17-9-7-16(27)8-10-17/h3-13H,2,14H2,1H3,(H,29,32)(H,30,34). The topological polar surface area (TPSA) is 115 Å². The monoisotopic (exact) mass is 554 g/mol. The van der Waals surface area contributed by atoms with Crippen LogP contribution in [0.3, 0.4) is 0 Å². The van der Waals surface area contributed by atoms with Gasteiger partial charge >= 0.3 is 5.69 Å². The highest BCUT2D eigenvalue weighted by atomic mass is 79.9. The second-order valence-corrected chi connectivity index (χ2v) is 8.30. The summed E-state index contributed by atoms with van der Waals surface area (Å²) in [6.07, 6.45) is 1.34. The van der Waals surface area contributed by atoms with Crippen LogP contribution < -0.4 is 26.0 Å². The lowest BCUT2D eigenvalue weighted by Gasteiger charge is -2.14. The fourth-order valence-electron chi connectivity index (χ4n) is 3.32. The first-order chi connectivity index (χ1) is 17.4. The average Bonchev–Trinajstić information content (AvgIpc) is 2.85. The normalized spacial score (nSPS) is 11.1. The summed E-state index contributed by atoms with van der Waals surface area (Å²) in [6, 6.07) is 15.2. The lowest BCUT2D eigenvalue weighted by Crippen LogP contribution is -2.32. The van der Waals surface area contributed by atoms with Gasteiger partial charge in [-0.1, -0.05) is 12.1 Å². The van der Waals surface area contributed by atoms with Crippen molar-refractivity contribution < 1.29 is 18.7 Å². The van der Waals surface area contributed by atoms with E-state index >= 15 is 0 Å². The maximum atomic E-state index is 13.0. The highest BCUT2D eigenvalue weighted by Gasteiger charge is 2.14. The van der Waals surface area contributed by atoms with Crippen molar-refractivity contribution in [2.24, 2.45) is 5.10 Å². The van der Waals surface area contributed by atoms with Gasteiger partial charge in [-0.2, -0.15) is 5.10 Å². The minimum absolute atomic E-state index is 0.281. The smallest absolute Gasteiger partial charge is 0.349 e. The summed E-state index contributed by atoms with van der Waals surface area (Å²) in [4.78, 5) is 39.9. The van der Waals surface area contributed by atoms with Crippen LogP contribution in [0, 0.1) is 5.82 Å². The first kappa shape index (κ1) is 24.9. The molecule has 1 amide bonds. The molecule has 184 valence electrons. The number of aromatic nitrogens is 2. The number of amides is 1. The van der Waals surface area contributed by atoms with Crippen molar-refractivity contribution in [1.29, 1.82) is 0 Å². The van der Waals surface area contributed by atoms with Gasteiger partial charge in [0.2, 0.25) is 0 Å². The molecule has 0 spiro atoms. The van der Waals surface area contributed by atoms with Gasteiger partial charge in [0.1, 0.15) is 5.82 Å². The lowest BCUT2D eigenvalue weighted by molar-refractivity contribution is -0.118. The number of hydrogen-bond acceptors (Lipinski definition) is 6. The van der Waals surface area contributed by atoms with Crippen molar-refractivity contribution in [3.63, 3.8) is 0 Å². The molecule has 1 heterocycles. The fourth-order valence-corrected chi connectivity index (χ4v) is 3.89. The van der Waals surface area contributed by atoms with Gasteiger partial charge in [-0.3, -0.25) is 9.59 Å². The molecule has 4 rings (SSSR count). The number of carbonyl (C=O) groups is 1. The van der Waals surface area contributed by atoms with Crippen LogP contribution in [0.25, 0.3) is 10.9 Å². The van der Waals surface area contributed by atoms with Crippen LogP contribution in [0.5, 0.6) is 11.5 Å². The number of rotatable bonds is 8. The molecule has 0 fully saturated rings. The summed E-state index contributed by atoms with van der Waals surface area (Å²) >= 11 is 3.40. The number of halogens is 2. The van der Waals surface area contributed by atoms with Gasteiger partial charge in [0.15, 0.2) is 18.1 Å². The zero-order chi connectivity index (χ0) is 25.7. The largest absolute Gasteiger partial charge is 0.490 e. The molecule has 0 aliphatic rings. The molecule has 0 saturated heterocycles. The van der Waals surface area contributed by atoms with Crippen molar-refractivity contribution in [1.82, 2.24) is 9.66 Å². The van der Waals surface area contributed by atoms with Gasteiger partial charge in [0.05, 0.1) is 28.2 Å². The third kappa shape index (κ3) is 5.69. The van der Waals surface area contributed by atoms with Crippen molar-refractivity contribution in [2.45, 2.75) is 6.92 Å². The number of aromatic amines is 1. The Morgan fingerprint density at radius 2 is 1.89 bits per heavy atom.